The number of hydrogen-bond acceptors (Lipinski definition) is 4. The van der Waals surface area contributed by atoms with Crippen molar-refractivity contribution in [1.29, 1.82) is 0 Å². The number of hydrogen-bond donors (Lipinski definition) is 2. The summed E-state index contributed by atoms with van der Waals surface area (Å²) >= 11 is 0. The van der Waals surface area contributed by atoms with Crippen LogP contribution in [0.5, 0.6) is 0 Å². The SMILES string of the molecule is Nc1ccc2nc(NC3Cc4ccccc4C3)oc2c1. The van der Waals surface area contributed by atoms with Crippen molar-refractivity contribution in [3.8, 4) is 0 Å². The topological polar surface area (TPSA) is 64.1 Å². The Morgan fingerprint density at radius 3 is 2.60 bits per heavy atom. The third-order valence-electron chi connectivity index (χ3n) is 3.79. The quantitative estimate of drug-likeness (QED) is 0.699. The lowest BCUT2D eigenvalue weighted by atomic mass is 10.1. The number of nitrogens with zero attached hydrogens (tertiary/aromatic N) is 1. The maximum atomic E-state index is 5.75. The number of benzene rings is 2. The van der Waals surface area contributed by atoms with Gasteiger partial charge in [-0.05, 0) is 36.1 Å². The van der Waals surface area contributed by atoms with Gasteiger partial charge in [0.2, 0.25) is 0 Å². The highest BCUT2D eigenvalue weighted by Gasteiger charge is 2.22. The van der Waals surface area contributed by atoms with Gasteiger partial charge >= 0.3 is 0 Å². The van der Waals surface area contributed by atoms with E-state index in [-0.39, 0.29) is 0 Å². The van der Waals surface area contributed by atoms with Gasteiger partial charge in [-0.3, -0.25) is 0 Å². The highest BCUT2D eigenvalue weighted by molar-refractivity contribution is 5.78. The molecule has 1 aliphatic rings. The van der Waals surface area contributed by atoms with Gasteiger partial charge in [0.05, 0.1) is 0 Å². The lowest BCUT2D eigenvalue weighted by molar-refractivity contribution is 0.596. The summed E-state index contributed by atoms with van der Waals surface area (Å²) in [5.74, 6) is 0. The van der Waals surface area contributed by atoms with Crippen LogP contribution < -0.4 is 11.1 Å². The molecule has 0 aliphatic heterocycles. The van der Waals surface area contributed by atoms with Crippen LogP contribution in [0.25, 0.3) is 11.1 Å². The zero-order valence-electron chi connectivity index (χ0n) is 11.0. The smallest absolute Gasteiger partial charge is 0.295 e. The van der Waals surface area contributed by atoms with E-state index >= 15 is 0 Å². The highest BCUT2D eigenvalue weighted by atomic mass is 16.4. The molecule has 4 rings (SSSR count). The first-order valence-corrected chi connectivity index (χ1v) is 6.77. The first kappa shape index (κ1) is 11.3. The second kappa shape index (κ2) is 4.27. The summed E-state index contributed by atoms with van der Waals surface area (Å²) in [4.78, 5) is 4.45. The molecule has 20 heavy (non-hydrogen) atoms. The Morgan fingerprint density at radius 2 is 1.85 bits per heavy atom. The van der Waals surface area contributed by atoms with E-state index < -0.39 is 0 Å². The number of fused-ring (bicyclic) bond motifs is 2. The molecule has 0 unspecified atom stereocenters. The second-order valence-corrected chi connectivity index (χ2v) is 5.26. The molecule has 0 amide bonds. The minimum absolute atomic E-state index is 0.345. The van der Waals surface area contributed by atoms with Crippen LogP contribution in [0.2, 0.25) is 0 Å². The molecule has 0 spiro atoms. The van der Waals surface area contributed by atoms with E-state index in [1.54, 1.807) is 6.07 Å². The van der Waals surface area contributed by atoms with Gasteiger partial charge in [0.15, 0.2) is 5.58 Å². The fraction of sp³-hybridized carbons (Fsp3) is 0.188. The zero-order chi connectivity index (χ0) is 13.5. The van der Waals surface area contributed by atoms with E-state index in [9.17, 15) is 0 Å². The maximum absolute atomic E-state index is 5.75. The summed E-state index contributed by atoms with van der Waals surface area (Å²) in [6, 6.07) is 15.0. The molecule has 2 aromatic carbocycles. The molecule has 0 atom stereocenters. The number of rotatable bonds is 2. The molecule has 0 radical (unpaired) electrons. The molecule has 0 fully saturated rings. The normalized spacial score (nSPS) is 14.6. The van der Waals surface area contributed by atoms with Crippen LogP contribution >= 0.6 is 0 Å². The van der Waals surface area contributed by atoms with Crippen LogP contribution in [-0.4, -0.2) is 11.0 Å². The maximum Gasteiger partial charge on any atom is 0.295 e. The summed E-state index contributed by atoms with van der Waals surface area (Å²) in [6.45, 7) is 0. The summed E-state index contributed by atoms with van der Waals surface area (Å²) in [5.41, 5.74) is 10.8. The molecule has 0 saturated heterocycles. The van der Waals surface area contributed by atoms with Crippen molar-refractivity contribution in [2.45, 2.75) is 18.9 Å². The molecule has 100 valence electrons. The molecule has 3 N–H and O–H groups in total. The average molecular weight is 265 g/mol. The number of nitrogens with two attached hydrogens (primary N) is 1. The van der Waals surface area contributed by atoms with Crippen LogP contribution in [0.4, 0.5) is 11.7 Å². The van der Waals surface area contributed by atoms with Crippen molar-refractivity contribution >= 4 is 22.8 Å². The van der Waals surface area contributed by atoms with Crippen LogP contribution in [-0.2, 0) is 12.8 Å². The molecule has 3 aromatic rings. The van der Waals surface area contributed by atoms with Crippen molar-refractivity contribution in [3.05, 3.63) is 53.6 Å². The van der Waals surface area contributed by atoms with Gasteiger partial charge in [-0.1, -0.05) is 24.3 Å². The van der Waals surface area contributed by atoms with Crippen molar-refractivity contribution < 1.29 is 4.42 Å². The molecular formula is C16H15N3O. The molecule has 4 heteroatoms. The van der Waals surface area contributed by atoms with E-state index in [0.717, 1.165) is 23.9 Å². The van der Waals surface area contributed by atoms with E-state index in [1.807, 2.05) is 12.1 Å². The molecule has 4 nitrogen and oxygen atoms in total. The standard InChI is InChI=1S/C16H15N3O/c17-12-5-6-14-15(9-12)20-16(19-14)18-13-7-10-3-1-2-4-11(10)8-13/h1-6,9,13H,7-8,17H2,(H,18,19). The summed E-state index contributed by atoms with van der Waals surface area (Å²) in [7, 11) is 0. The van der Waals surface area contributed by atoms with Gasteiger partial charge in [0.25, 0.3) is 6.01 Å². The Kier molecular flexibility index (Phi) is 2.42. The summed E-state index contributed by atoms with van der Waals surface area (Å²) in [5, 5.41) is 3.38. The lowest BCUT2D eigenvalue weighted by Gasteiger charge is -2.08. The predicted octanol–water partition coefficient (Wildman–Crippen LogP) is 2.99. The van der Waals surface area contributed by atoms with Crippen LogP contribution in [0.15, 0.2) is 46.9 Å². The van der Waals surface area contributed by atoms with Gasteiger partial charge in [0.1, 0.15) is 5.52 Å². The third-order valence-corrected chi connectivity index (χ3v) is 3.79. The van der Waals surface area contributed by atoms with Crippen LogP contribution in [0, 0.1) is 0 Å². The Balaban J connectivity index is 1.57. The number of aromatic nitrogens is 1. The van der Waals surface area contributed by atoms with E-state index in [4.69, 9.17) is 10.2 Å². The third kappa shape index (κ3) is 1.90. The van der Waals surface area contributed by atoms with Gasteiger partial charge < -0.3 is 15.5 Å². The molecule has 1 heterocycles. The Bertz CT molecular complexity index is 753. The van der Waals surface area contributed by atoms with Gasteiger partial charge in [0, 0.05) is 17.8 Å². The highest BCUT2D eigenvalue weighted by Crippen LogP contribution is 2.26. The lowest BCUT2D eigenvalue weighted by Crippen LogP contribution is -2.19. The predicted molar refractivity (Wildman–Crippen MR) is 79.7 cm³/mol. The van der Waals surface area contributed by atoms with Gasteiger partial charge in [-0.2, -0.15) is 4.98 Å². The van der Waals surface area contributed by atoms with Crippen LogP contribution in [0.1, 0.15) is 11.1 Å². The molecule has 1 aliphatic carbocycles. The number of nitrogens with one attached hydrogen (secondary N) is 1. The fourth-order valence-electron chi connectivity index (χ4n) is 2.84. The first-order valence-electron chi connectivity index (χ1n) is 6.77. The summed E-state index contributed by atoms with van der Waals surface area (Å²) in [6.07, 6.45) is 2.02. The molecule has 0 bridgehead atoms. The molecule has 0 saturated carbocycles. The molecular weight excluding hydrogens is 250 g/mol. The minimum Gasteiger partial charge on any atom is -0.423 e. The number of oxazole rings is 1. The van der Waals surface area contributed by atoms with Crippen molar-refractivity contribution in [3.63, 3.8) is 0 Å². The number of anilines is 2. The van der Waals surface area contributed by atoms with E-state index in [0.29, 0.717) is 17.7 Å². The van der Waals surface area contributed by atoms with Crippen molar-refractivity contribution in [2.24, 2.45) is 0 Å². The first-order chi connectivity index (χ1) is 9.78. The van der Waals surface area contributed by atoms with Crippen molar-refractivity contribution in [2.75, 3.05) is 11.1 Å². The van der Waals surface area contributed by atoms with Gasteiger partial charge in [-0.15, -0.1) is 0 Å². The Labute approximate surface area is 116 Å². The van der Waals surface area contributed by atoms with E-state index in [1.165, 1.54) is 11.1 Å². The zero-order valence-corrected chi connectivity index (χ0v) is 11.0. The summed E-state index contributed by atoms with van der Waals surface area (Å²) < 4.78 is 5.71. The second-order valence-electron chi connectivity index (χ2n) is 5.26. The van der Waals surface area contributed by atoms with Crippen LogP contribution in [0.3, 0.4) is 0 Å². The number of nitrogen functional groups attached to an aromatic ring is 1. The van der Waals surface area contributed by atoms with Gasteiger partial charge in [-0.25, -0.2) is 0 Å². The Morgan fingerprint density at radius 1 is 1.10 bits per heavy atom. The minimum atomic E-state index is 0.345. The Hall–Kier alpha value is -2.49. The largest absolute Gasteiger partial charge is 0.423 e. The average Bonchev–Trinajstić information content (AvgIpc) is 3.00. The van der Waals surface area contributed by atoms with E-state index in [2.05, 4.69) is 34.6 Å². The van der Waals surface area contributed by atoms with Crippen molar-refractivity contribution in [1.82, 2.24) is 4.98 Å². The monoisotopic (exact) mass is 265 g/mol. The molecule has 1 aromatic heterocycles. The fourth-order valence-corrected chi connectivity index (χ4v) is 2.84.